The van der Waals surface area contributed by atoms with Gasteiger partial charge in [0.1, 0.15) is 5.75 Å². The lowest BCUT2D eigenvalue weighted by molar-refractivity contribution is -0.140. The second-order valence-electron chi connectivity index (χ2n) is 8.21. The number of pyridine rings is 1. The molecule has 2 amide bonds. The maximum Gasteiger partial charge on any atom is 0.225 e. The zero-order chi connectivity index (χ0) is 21.7. The Hall–Kier alpha value is -2.94. The number of hydrogen-bond donors (Lipinski definition) is 1. The van der Waals surface area contributed by atoms with Crippen LogP contribution in [0.2, 0.25) is 0 Å². The Morgan fingerprint density at radius 2 is 2.19 bits per heavy atom. The number of aromatic nitrogens is 3. The number of carbonyl (C=O) groups is 2. The lowest BCUT2D eigenvalue weighted by Crippen LogP contribution is -2.53. The van der Waals surface area contributed by atoms with E-state index in [1.807, 2.05) is 22.1 Å². The fraction of sp³-hybridized carbons (Fsp3) is 0.545. The van der Waals surface area contributed by atoms with Gasteiger partial charge in [-0.25, -0.2) is 0 Å². The number of hydrogen-bond acceptors (Lipinski definition) is 6. The molecule has 0 atom stereocenters. The van der Waals surface area contributed by atoms with Crippen molar-refractivity contribution in [3.63, 3.8) is 0 Å². The molecule has 166 valence electrons. The van der Waals surface area contributed by atoms with Crippen LogP contribution in [0.1, 0.15) is 36.9 Å². The second-order valence-corrected chi connectivity index (χ2v) is 8.21. The van der Waals surface area contributed by atoms with Crippen molar-refractivity contribution in [2.75, 3.05) is 33.4 Å². The number of aromatic amines is 1. The maximum atomic E-state index is 12.7. The van der Waals surface area contributed by atoms with E-state index < -0.39 is 5.60 Å². The monoisotopic (exact) mass is 427 g/mol. The molecule has 31 heavy (non-hydrogen) atoms. The van der Waals surface area contributed by atoms with Gasteiger partial charge < -0.3 is 19.3 Å². The van der Waals surface area contributed by atoms with Gasteiger partial charge >= 0.3 is 0 Å². The van der Waals surface area contributed by atoms with Gasteiger partial charge in [-0.1, -0.05) is 0 Å². The zero-order valence-electron chi connectivity index (χ0n) is 17.9. The van der Waals surface area contributed by atoms with Crippen LogP contribution in [-0.2, 0) is 27.3 Å². The van der Waals surface area contributed by atoms with Crippen LogP contribution >= 0.6 is 0 Å². The molecule has 0 saturated carbocycles. The van der Waals surface area contributed by atoms with Crippen molar-refractivity contribution in [2.45, 2.75) is 44.2 Å². The number of nitrogens with zero attached hydrogens (tertiary/aromatic N) is 4. The fourth-order valence-electron chi connectivity index (χ4n) is 4.29. The molecule has 0 unspecified atom stereocenters. The van der Waals surface area contributed by atoms with Crippen LogP contribution in [0.25, 0.3) is 0 Å². The minimum Gasteiger partial charge on any atom is -0.497 e. The van der Waals surface area contributed by atoms with E-state index in [2.05, 4.69) is 15.2 Å². The van der Waals surface area contributed by atoms with Gasteiger partial charge in [-0.3, -0.25) is 19.7 Å². The SMILES string of the molecule is COc1ccnc(CN2CC3(CCN(C(=O)CCc4cn[nH]c4)CC3)OCCC2=O)c1. The van der Waals surface area contributed by atoms with Crippen molar-refractivity contribution in [2.24, 2.45) is 0 Å². The zero-order valence-corrected chi connectivity index (χ0v) is 17.9. The van der Waals surface area contributed by atoms with Crippen molar-refractivity contribution >= 4 is 11.8 Å². The molecule has 4 heterocycles. The molecule has 2 fully saturated rings. The Bertz CT molecular complexity index is 893. The summed E-state index contributed by atoms with van der Waals surface area (Å²) < 4.78 is 11.5. The highest BCUT2D eigenvalue weighted by Crippen LogP contribution is 2.31. The molecular formula is C22H29N5O4. The van der Waals surface area contributed by atoms with E-state index in [9.17, 15) is 9.59 Å². The molecule has 0 aliphatic carbocycles. The third kappa shape index (κ3) is 5.22. The molecule has 1 spiro atoms. The molecule has 0 bridgehead atoms. The average Bonchev–Trinajstić information content (AvgIpc) is 3.26. The first-order chi connectivity index (χ1) is 15.1. The largest absolute Gasteiger partial charge is 0.497 e. The average molecular weight is 428 g/mol. The first kappa shape index (κ1) is 21.3. The third-order valence-electron chi connectivity index (χ3n) is 6.14. The Balaban J connectivity index is 1.36. The lowest BCUT2D eigenvalue weighted by atomic mass is 9.90. The van der Waals surface area contributed by atoms with E-state index in [1.165, 1.54) is 0 Å². The molecule has 2 aromatic rings. The summed E-state index contributed by atoms with van der Waals surface area (Å²) in [6.07, 6.45) is 8.22. The van der Waals surface area contributed by atoms with E-state index >= 15 is 0 Å². The van der Waals surface area contributed by atoms with E-state index in [-0.39, 0.29) is 11.8 Å². The number of ether oxygens (including phenoxy) is 2. The highest BCUT2D eigenvalue weighted by Gasteiger charge is 2.41. The highest BCUT2D eigenvalue weighted by atomic mass is 16.5. The number of nitrogens with one attached hydrogen (secondary N) is 1. The summed E-state index contributed by atoms with van der Waals surface area (Å²) in [5.41, 5.74) is 1.41. The van der Waals surface area contributed by atoms with Gasteiger partial charge in [0.25, 0.3) is 0 Å². The number of rotatable bonds is 6. The highest BCUT2D eigenvalue weighted by molar-refractivity contribution is 5.77. The number of H-pyrrole nitrogens is 1. The van der Waals surface area contributed by atoms with Crippen molar-refractivity contribution in [3.8, 4) is 5.75 Å². The molecule has 0 radical (unpaired) electrons. The van der Waals surface area contributed by atoms with Crippen molar-refractivity contribution < 1.29 is 19.1 Å². The Morgan fingerprint density at radius 3 is 2.94 bits per heavy atom. The number of amides is 2. The summed E-state index contributed by atoms with van der Waals surface area (Å²) in [7, 11) is 1.61. The molecule has 2 aliphatic heterocycles. The fourth-order valence-corrected chi connectivity index (χ4v) is 4.29. The quantitative estimate of drug-likeness (QED) is 0.751. The van der Waals surface area contributed by atoms with Crippen molar-refractivity contribution in [1.29, 1.82) is 0 Å². The summed E-state index contributed by atoms with van der Waals surface area (Å²) in [6.45, 7) is 2.64. The van der Waals surface area contributed by atoms with E-state index in [1.54, 1.807) is 25.6 Å². The summed E-state index contributed by atoms with van der Waals surface area (Å²) in [5.74, 6) is 0.943. The maximum absolute atomic E-state index is 12.7. The Morgan fingerprint density at radius 1 is 1.35 bits per heavy atom. The lowest BCUT2D eigenvalue weighted by Gasteiger charge is -2.42. The number of carbonyl (C=O) groups excluding carboxylic acids is 2. The molecular weight excluding hydrogens is 398 g/mol. The van der Waals surface area contributed by atoms with Crippen molar-refractivity contribution in [3.05, 3.63) is 42.0 Å². The number of piperidine rings is 1. The number of aryl methyl sites for hydroxylation is 1. The van der Waals surface area contributed by atoms with Crippen LogP contribution in [-0.4, -0.2) is 75.7 Å². The minimum atomic E-state index is -0.410. The van der Waals surface area contributed by atoms with E-state index in [4.69, 9.17) is 9.47 Å². The standard InChI is InChI=1S/C22H29N5O4/c1-30-19-4-8-23-18(12-19)15-27-16-22(31-11-5-21(27)29)6-9-26(10-7-22)20(28)3-2-17-13-24-25-14-17/h4,8,12-14H,2-3,5-7,9-11,15-16H2,1H3,(H,24,25). The molecule has 2 aliphatic rings. The molecule has 9 heteroatoms. The van der Waals surface area contributed by atoms with Gasteiger partial charge in [-0.15, -0.1) is 0 Å². The van der Waals surface area contributed by atoms with Crippen LogP contribution < -0.4 is 4.74 Å². The van der Waals surface area contributed by atoms with Crippen LogP contribution in [0.4, 0.5) is 0 Å². The minimum absolute atomic E-state index is 0.0695. The second kappa shape index (κ2) is 9.47. The normalized spacial score (nSPS) is 18.8. The van der Waals surface area contributed by atoms with E-state index in [0.717, 1.165) is 29.8 Å². The topological polar surface area (TPSA) is 101 Å². The molecule has 0 aromatic carbocycles. The predicted molar refractivity (Wildman–Crippen MR) is 112 cm³/mol. The van der Waals surface area contributed by atoms with E-state index in [0.29, 0.717) is 52.0 Å². The van der Waals surface area contributed by atoms with Crippen LogP contribution in [0, 0.1) is 0 Å². The molecule has 4 rings (SSSR count). The number of methoxy groups -OCH3 is 1. The first-order valence-electron chi connectivity index (χ1n) is 10.7. The number of likely N-dealkylation sites (tertiary alicyclic amines) is 1. The Kier molecular flexibility index (Phi) is 6.50. The Labute approximate surface area is 181 Å². The first-order valence-corrected chi connectivity index (χ1v) is 10.7. The van der Waals surface area contributed by atoms with Gasteiger partial charge in [0.05, 0.1) is 50.7 Å². The predicted octanol–water partition coefficient (Wildman–Crippen LogP) is 1.56. The molecule has 1 N–H and O–H groups in total. The summed E-state index contributed by atoms with van der Waals surface area (Å²) >= 11 is 0. The van der Waals surface area contributed by atoms with Gasteiger partial charge in [0.2, 0.25) is 11.8 Å². The summed E-state index contributed by atoms with van der Waals surface area (Å²) in [6, 6.07) is 3.64. The van der Waals surface area contributed by atoms with Gasteiger partial charge in [-0.2, -0.15) is 5.10 Å². The third-order valence-corrected chi connectivity index (χ3v) is 6.14. The van der Waals surface area contributed by atoms with Crippen LogP contribution in [0.15, 0.2) is 30.7 Å². The van der Waals surface area contributed by atoms with Crippen molar-refractivity contribution in [1.82, 2.24) is 25.0 Å². The van der Waals surface area contributed by atoms with Gasteiger partial charge in [0, 0.05) is 38.0 Å². The van der Waals surface area contributed by atoms with Gasteiger partial charge in [0.15, 0.2) is 0 Å². The van der Waals surface area contributed by atoms with Gasteiger partial charge in [-0.05, 0) is 30.9 Å². The molecule has 2 saturated heterocycles. The summed E-state index contributed by atoms with van der Waals surface area (Å²) in [4.78, 5) is 33.4. The van der Waals surface area contributed by atoms with Crippen LogP contribution in [0.5, 0.6) is 5.75 Å². The molecule has 9 nitrogen and oxygen atoms in total. The smallest absolute Gasteiger partial charge is 0.225 e. The molecule has 2 aromatic heterocycles. The van der Waals surface area contributed by atoms with Crippen LogP contribution in [0.3, 0.4) is 0 Å². The summed E-state index contributed by atoms with van der Waals surface area (Å²) in [5, 5.41) is 6.70.